The zero-order valence-corrected chi connectivity index (χ0v) is 19.1. The predicted molar refractivity (Wildman–Crippen MR) is 123 cm³/mol. The van der Waals surface area contributed by atoms with Crippen molar-refractivity contribution < 1.29 is 19.4 Å². The van der Waals surface area contributed by atoms with Crippen LogP contribution in [0.2, 0.25) is 0 Å². The van der Waals surface area contributed by atoms with Crippen LogP contribution in [-0.2, 0) is 4.79 Å². The fourth-order valence-electron chi connectivity index (χ4n) is 5.84. The minimum atomic E-state index is -1.10. The summed E-state index contributed by atoms with van der Waals surface area (Å²) in [6.07, 6.45) is 8.84. The average Bonchev–Trinajstić information content (AvgIpc) is 3.49. The molecule has 1 amide bonds. The van der Waals surface area contributed by atoms with E-state index in [2.05, 4.69) is 21.2 Å². The topological polar surface area (TPSA) is 74.3 Å². The first-order valence-electron chi connectivity index (χ1n) is 12.5. The number of hydrogen-bond acceptors (Lipinski definition) is 6. The van der Waals surface area contributed by atoms with Crippen molar-refractivity contribution in [3.63, 3.8) is 0 Å². The molecule has 5 rings (SSSR count). The summed E-state index contributed by atoms with van der Waals surface area (Å²) in [5.74, 6) is 2.37. The molecule has 3 fully saturated rings. The number of nitrogens with zero attached hydrogens (tertiary/aromatic N) is 2. The van der Waals surface area contributed by atoms with Gasteiger partial charge in [0.1, 0.15) is 5.60 Å². The van der Waals surface area contributed by atoms with Crippen LogP contribution in [0.3, 0.4) is 0 Å². The summed E-state index contributed by atoms with van der Waals surface area (Å²) in [7, 11) is 0. The van der Waals surface area contributed by atoms with Crippen LogP contribution in [0.4, 0.5) is 5.69 Å². The molecule has 0 spiro atoms. The van der Waals surface area contributed by atoms with Gasteiger partial charge in [-0.3, -0.25) is 9.69 Å². The van der Waals surface area contributed by atoms with E-state index in [0.29, 0.717) is 19.6 Å². The molecule has 2 N–H and O–H groups in total. The summed E-state index contributed by atoms with van der Waals surface area (Å²) in [6, 6.07) is 6.39. The van der Waals surface area contributed by atoms with Crippen LogP contribution in [0.25, 0.3) is 0 Å². The van der Waals surface area contributed by atoms with Gasteiger partial charge in [0.15, 0.2) is 11.5 Å². The van der Waals surface area contributed by atoms with Crippen molar-refractivity contribution in [2.75, 3.05) is 44.4 Å². The van der Waals surface area contributed by atoms with Crippen LogP contribution in [0.15, 0.2) is 18.2 Å². The maximum Gasteiger partial charge on any atom is 0.252 e. The van der Waals surface area contributed by atoms with E-state index in [1.807, 2.05) is 12.1 Å². The highest BCUT2D eigenvalue weighted by Gasteiger charge is 2.40. The van der Waals surface area contributed by atoms with Crippen LogP contribution in [0.5, 0.6) is 11.5 Å². The average molecular weight is 444 g/mol. The minimum Gasteiger partial charge on any atom is -0.454 e. The number of nitrogens with one attached hydrogen (secondary N) is 1. The Labute approximate surface area is 191 Å². The van der Waals surface area contributed by atoms with Gasteiger partial charge in [0.05, 0.1) is 5.69 Å². The number of para-hydroxylation sites is 1. The molecular formula is C25H37N3O4. The molecule has 2 aliphatic carbocycles. The second-order valence-electron chi connectivity index (χ2n) is 10.1. The Balaban J connectivity index is 1.01. The molecule has 1 aromatic rings. The zero-order valence-electron chi connectivity index (χ0n) is 19.1. The summed E-state index contributed by atoms with van der Waals surface area (Å²) >= 11 is 0. The second-order valence-corrected chi connectivity index (χ2v) is 10.1. The summed E-state index contributed by atoms with van der Waals surface area (Å²) in [6.45, 7) is 5.66. The molecule has 2 heterocycles. The van der Waals surface area contributed by atoms with E-state index < -0.39 is 5.60 Å². The fourth-order valence-corrected chi connectivity index (χ4v) is 5.84. The van der Waals surface area contributed by atoms with Crippen LogP contribution < -0.4 is 19.7 Å². The Morgan fingerprint density at radius 2 is 1.81 bits per heavy atom. The highest BCUT2D eigenvalue weighted by atomic mass is 16.7. The van der Waals surface area contributed by atoms with Gasteiger partial charge in [-0.05, 0) is 82.4 Å². The lowest BCUT2D eigenvalue weighted by Crippen LogP contribution is -2.49. The number of amides is 1. The van der Waals surface area contributed by atoms with E-state index in [1.54, 1.807) is 0 Å². The number of ether oxygens (including phenoxy) is 2. The summed E-state index contributed by atoms with van der Waals surface area (Å²) < 4.78 is 11.2. The van der Waals surface area contributed by atoms with Gasteiger partial charge in [0.2, 0.25) is 6.79 Å². The van der Waals surface area contributed by atoms with E-state index in [9.17, 15) is 9.90 Å². The largest absolute Gasteiger partial charge is 0.454 e. The Morgan fingerprint density at radius 1 is 1.06 bits per heavy atom. The SMILES string of the molecule is O=C(N[C@H]1CC[C@H](CCN2CCN(c3cccc4c3OCO4)CC2)CC1)C1(O)CCCC1. The van der Waals surface area contributed by atoms with Crippen molar-refractivity contribution >= 4 is 11.6 Å². The van der Waals surface area contributed by atoms with Gasteiger partial charge in [-0.25, -0.2) is 0 Å². The van der Waals surface area contributed by atoms with Crippen molar-refractivity contribution in [3.8, 4) is 11.5 Å². The van der Waals surface area contributed by atoms with Gasteiger partial charge in [0.25, 0.3) is 5.91 Å². The Bertz CT molecular complexity index is 794. The molecule has 0 unspecified atom stereocenters. The molecule has 32 heavy (non-hydrogen) atoms. The first kappa shape index (κ1) is 21.8. The number of benzene rings is 1. The minimum absolute atomic E-state index is 0.127. The monoisotopic (exact) mass is 443 g/mol. The number of carbonyl (C=O) groups is 1. The zero-order chi connectivity index (χ0) is 22.0. The Kier molecular flexibility index (Phi) is 6.47. The summed E-state index contributed by atoms with van der Waals surface area (Å²) in [5.41, 5.74) is 0.0557. The number of piperazine rings is 1. The maximum absolute atomic E-state index is 12.5. The van der Waals surface area contributed by atoms with E-state index in [4.69, 9.17) is 9.47 Å². The third-order valence-corrected chi connectivity index (χ3v) is 7.98. The predicted octanol–water partition coefficient (Wildman–Crippen LogP) is 2.91. The van der Waals surface area contributed by atoms with Crippen molar-refractivity contribution in [1.29, 1.82) is 0 Å². The highest BCUT2D eigenvalue weighted by Crippen LogP contribution is 2.41. The smallest absolute Gasteiger partial charge is 0.252 e. The molecule has 7 nitrogen and oxygen atoms in total. The number of rotatable bonds is 6. The summed E-state index contributed by atoms with van der Waals surface area (Å²) in [4.78, 5) is 17.5. The molecule has 1 saturated heterocycles. The van der Waals surface area contributed by atoms with Crippen LogP contribution in [0.1, 0.15) is 57.8 Å². The number of carbonyl (C=O) groups excluding carboxylic acids is 1. The Hall–Kier alpha value is -1.99. The fraction of sp³-hybridized carbons (Fsp3) is 0.720. The standard InChI is InChI=1S/C25H37N3O4/c29-24(25(30)11-1-2-12-25)26-20-8-6-19(7-9-20)10-13-27-14-16-28(17-15-27)21-4-3-5-22-23(21)32-18-31-22/h3-5,19-20,30H,1-2,6-18H2,(H,26,29)/t19-,20-. The lowest BCUT2D eigenvalue weighted by atomic mass is 9.83. The maximum atomic E-state index is 12.5. The van der Waals surface area contributed by atoms with Gasteiger partial charge in [-0.1, -0.05) is 6.07 Å². The molecule has 0 aromatic heterocycles. The van der Waals surface area contributed by atoms with Gasteiger partial charge < -0.3 is 24.8 Å². The molecule has 2 aliphatic heterocycles. The number of hydrogen-bond donors (Lipinski definition) is 2. The van der Waals surface area contributed by atoms with Gasteiger partial charge in [-0.2, -0.15) is 0 Å². The van der Waals surface area contributed by atoms with E-state index >= 15 is 0 Å². The first-order valence-corrected chi connectivity index (χ1v) is 12.5. The molecule has 0 bridgehead atoms. The molecule has 7 heteroatoms. The van der Waals surface area contributed by atoms with Gasteiger partial charge in [-0.15, -0.1) is 0 Å². The molecule has 176 valence electrons. The van der Waals surface area contributed by atoms with Crippen molar-refractivity contribution in [1.82, 2.24) is 10.2 Å². The molecular weight excluding hydrogens is 406 g/mol. The summed E-state index contributed by atoms with van der Waals surface area (Å²) in [5, 5.41) is 13.6. The first-order chi connectivity index (χ1) is 15.6. The van der Waals surface area contributed by atoms with E-state index in [0.717, 1.165) is 81.5 Å². The lowest BCUT2D eigenvalue weighted by Gasteiger charge is -2.37. The highest BCUT2D eigenvalue weighted by molar-refractivity contribution is 5.85. The number of anilines is 1. The lowest BCUT2D eigenvalue weighted by molar-refractivity contribution is -0.140. The normalized spacial score (nSPS) is 27.5. The van der Waals surface area contributed by atoms with Crippen molar-refractivity contribution in [2.45, 2.75) is 69.4 Å². The van der Waals surface area contributed by atoms with Crippen molar-refractivity contribution in [2.24, 2.45) is 5.92 Å². The number of fused-ring (bicyclic) bond motifs is 1. The molecule has 2 saturated carbocycles. The Morgan fingerprint density at radius 3 is 2.56 bits per heavy atom. The van der Waals surface area contributed by atoms with Gasteiger partial charge in [0, 0.05) is 32.2 Å². The van der Waals surface area contributed by atoms with E-state index in [1.165, 1.54) is 19.3 Å². The second kappa shape index (κ2) is 9.48. The third kappa shape index (κ3) is 4.69. The van der Waals surface area contributed by atoms with Crippen LogP contribution in [-0.4, -0.2) is 67.1 Å². The van der Waals surface area contributed by atoms with Gasteiger partial charge >= 0.3 is 0 Å². The van der Waals surface area contributed by atoms with E-state index in [-0.39, 0.29) is 11.9 Å². The van der Waals surface area contributed by atoms with Crippen LogP contribution in [0, 0.1) is 5.92 Å². The third-order valence-electron chi connectivity index (χ3n) is 7.98. The quantitative estimate of drug-likeness (QED) is 0.704. The molecule has 0 radical (unpaired) electrons. The van der Waals surface area contributed by atoms with Crippen molar-refractivity contribution in [3.05, 3.63) is 18.2 Å². The molecule has 1 aromatic carbocycles. The molecule has 4 aliphatic rings. The molecule has 0 atom stereocenters. The van der Waals surface area contributed by atoms with Crippen LogP contribution >= 0.6 is 0 Å². The number of aliphatic hydroxyl groups is 1.